The number of benzene rings is 3. The van der Waals surface area contributed by atoms with Crippen LogP contribution < -0.4 is 16.0 Å². The second-order valence-electron chi connectivity index (χ2n) is 11.6. The Labute approximate surface area is 252 Å². The summed E-state index contributed by atoms with van der Waals surface area (Å²) in [7, 11) is 0. The summed E-state index contributed by atoms with van der Waals surface area (Å²) in [6, 6.07) is 7.62. The molecule has 2 aliphatic heterocycles. The van der Waals surface area contributed by atoms with E-state index < -0.39 is 78.4 Å². The number of aryl methyl sites for hydroxylation is 1. The van der Waals surface area contributed by atoms with Gasteiger partial charge in [0, 0.05) is 16.2 Å². The Balaban J connectivity index is 1.39. The summed E-state index contributed by atoms with van der Waals surface area (Å²) >= 11 is 0. The minimum absolute atomic E-state index is 0.0201. The molecular weight excluding hydrogens is 596 g/mol. The van der Waals surface area contributed by atoms with Crippen LogP contribution in [0.1, 0.15) is 19.4 Å². The van der Waals surface area contributed by atoms with E-state index >= 15 is 0 Å². The van der Waals surface area contributed by atoms with Gasteiger partial charge in [-0.3, -0.25) is 0 Å². The lowest BCUT2D eigenvalue weighted by Gasteiger charge is -2.45. The van der Waals surface area contributed by atoms with Gasteiger partial charge in [-0.05, 0) is 38.5 Å². The largest absolute Gasteiger partial charge is 0.506 e. The fourth-order valence-corrected chi connectivity index (χ4v) is 6.32. The number of fused-ring (bicyclic) bond motifs is 2. The average molecular weight is 627 g/mol. The average Bonchev–Trinajstić information content (AvgIpc) is 3.01. The summed E-state index contributed by atoms with van der Waals surface area (Å²) < 4.78 is 34.7. The van der Waals surface area contributed by atoms with Crippen molar-refractivity contribution in [1.82, 2.24) is 0 Å². The molecule has 0 aliphatic carbocycles. The lowest BCUT2D eigenvalue weighted by atomic mass is 9.95. The van der Waals surface area contributed by atoms with Gasteiger partial charge >= 0.3 is 11.3 Å². The van der Waals surface area contributed by atoms with Crippen LogP contribution in [0.25, 0.3) is 43.5 Å². The molecule has 0 saturated carbocycles. The fourth-order valence-electron chi connectivity index (χ4n) is 6.32. The van der Waals surface area contributed by atoms with Crippen LogP contribution in [0.2, 0.25) is 0 Å². The first-order chi connectivity index (χ1) is 21.4. The molecule has 2 aliphatic rings. The molecule has 0 unspecified atom stereocenters. The smallest absolute Gasteiger partial charge is 0.348 e. The van der Waals surface area contributed by atoms with Gasteiger partial charge < -0.3 is 58.4 Å². The highest BCUT2D eigenvalue weighted by Gasteiger charge is 2.50. The molecule has 14 heteroatoms. The van der Waals surface area contributed by atoms with Gasteiger partial charge in [0.05, 0.1) is 23.0 Å². The number of hydrogen-bond acceptors (Lipinski definition) is 14. The Kier molecular flexibility index (Phi) is 7.03. The summed E-state index contributed by atoms with van der Waals surface area (Å²) in [6.07, 6.45) is -14.4. The number of aliphatic hydroxyl groups excluding tert-OH is 5. The fraction of sp³-hybridized carbons (Fsp3) is 0.419. The normalized spacial score (nSPS) is 32.6. The molecule has 2 fully saturated rings. The molecule has 3 aromatic carbocycles. The van der Waals surface area contributed by atoms with Gasteiger partial charge in [-0.2, -0.15) is 0 Å². The molecule has 5 aromatic rings. The van der Waals surface area contributed by atoms with Gasteiger partial charge in [0.2, 0.25) is 6.29 Å². The number of aromatic hydroxyl groups is 1. The molecule has 2 saturated heterocycles. The summed E-state index contributed by atoms with van der Waals surface area (Å²) in [5, 5.41) is 64.5. The molecule has 0 amide bonds. The molecule has 10 atom stereocenters. The van der Waals surface area contributed by atoms with Crippen LogP contribution in [0.5, 0.6) is 11.5 Å². The van der Waals surface area contributed by atoms with E-state index in [9.17, 15) is 40.2 Å². The van der Waals surface area contributed by atoms with E-state index in [1.54, 1.807) is 19.1 Å². The number of rotatable bonds is 4. The third-order valence-electron chi connectivity index (χ3n) is 8.78. The van der Waals surface area contributed by atoms with Gasteiger partial charge in [-0.25, -0.2) is 9.59 Å². The molecule has 14 nitrogen and oxygen atoms in total. The molecule has 0 bridgehead atoms. The summed E-state index contributed by atoms with van der Waals surface area (Å²) in [6.45, 7) is 4.63. The predicted octanol–water partition coefficient (Wildman–Crippen LogP) is 0.716. The number of aliphatic hydroxyl groups is 5. The van der Waals surface area contributed by atoms with Crippen LogP contribution in [-0.4, -0.2) is 92.1 Å². The van der Waals surface area contributed by atoms with Crippen LogP contribution in [0.15, 0.2) is 48.8 Å². The van der Waals surface area contributed by atoms with Gasteiger partial charge in [-0.15, -0.1) is 0 Å². The second-order valence-corrected chi connectivity index (χ2v) is 11.6. The van der Waals surface area contributed by atoms with E-state index in [1.165, 1.54) is 32.0 Å². The van der Waals surface area contributed by atoms with Crippen LogP contribution >= 0.6 is 0 Å². The van der Waals surface area contributed by atoms with Crippen molar-refractivity contribution in [3.8, 4) is 11.5 Å². The first-order valence-corrected chi connectivity index (χ1v) is 14.3. The Morgan fingerprint density at radius 3 is 2.09 bits per heavy atom. The zero-order valence-corrected chi connectivity index (χ0v) is 24.1. The highest BCUT2D eigenvalue weighted by atomic mass is 16.8. The molecular formula is C31H30O14. The van der Waals surface area contributed by atoms with E-state index in [0.29, 0.717) is 5.56 Å². The molecule has 7 rings (SSSR count). The van der Waals surface area contributed by atoms with E-state index in [4.69, 9.17) is 27.8 Å². The zero-order chi connectivity index (χ0) is 32.1. The molecule has 2 aromatic heterocycles. The SMILES string of the molecule is Cc1ccc2oc(=O)c3c(O)c4cccc(O[C@H]5O[C@@H](C)[C@H](O)[C@@H](O)[C@@H]5O[C@H]5O[C@@H](C)[C@H](O)[C@@H](O)[C@@H]5O)c4c4oc(=O)c1c2c34. The molecule has 0 spiro atoms. The zero-order valence-electron chi connectivity index (χ0n) is 24.1. The maximum atomic E-state index is 13.3. The minimum atomic E-state index is -1.73. The standard InChI is InChI=1S/C31H30O14/c1-9-7-8-14-17-15(9)28(38)44-26-16-12(22(34)19(18(17)26)29(39)42-14)5-4-6-13(16)43-31-27(24(36)21(33)11(3)41-31)45-30-25(37)23(35)20(32)10(2)40-30/h4-8,10-11,20-21,23-25,27,30-37H,1-3H3/t10-,11-,20-,21-,23+,24+,25-,27-,30+,31+/m0/s1. The van der Waals surface area contributed by atoms with Crippen molar-refractivity contribution < 1.29 is 58.4 Å². The van der Waals surface area contributed by atoms with Crippen molar-refractivity contribution in [3.63, 3.8) is 0 Å². The third kappa shape index (κ3) is 4.40. The lowest BCUT2D eigenvalue weighted by molar-refractivity contribution is -0.352. The van der Waals surface area contributed by atoms with Crippen molar-refractivity contribution >= 4 is 43.5 Å². The first-order valence-electron chi connectivity index (χ1n) is 14.3. The lowest BCUT2D eigenvalue weighted by Crippen LogP contribution is -2.63. The van der Waals surface area contributed by atoms with Crippen LogP contribution in [0.4, 0.5) is 0 Å². The summed E-state index contributed by atoms with van der Waals surface area (Å²) in [5.74, 6) is -0.468. The van der Waals surface area contributed by atoms with Gasteiger partial charge in [0.25, 0.3) is 0 Å². The van der Waals surface area contributed by atoms with Crippen molar-refractivity contribution in [3.05, 3.63) is 56.7 Å². The minimum Gasteiger partial charge on any atom is -0.506 e. The topological polar surface area (TPSA) is 219 Å². The van der Waals surface area contributed by atoms with Crippen LogP contribution in [-0.2, 0) is 14.2 Å². The maximum absolute atomic E-state index is 13.3. The molecule has 6 N–H and O–H groups in total. The Bertz CT molecular complexity index is 2050. The number of phenols is 1. The number of phenolic OH excluding ortho intramolecular Hbond substituents is 1. The predicted molar refractivity (Wildman–Crippen MR) is 155 cm³/mol. The van der Waals surface area contributed by atoms with Crippen molar-refractivity contribution in [2.45, 2.75) is 82.2 Å². The van der Waals surface area contributed by atoms with Crippen molar-refractivity contribution in [2.24, 2.45) is 0 Å². The number of hydrogen-bond donors (Lipinski definition) is 6. The Morgan fingerprint density at radius 2 is 1.36 bits per heavy atom. The van der Waals surface area contributed by atoms with Crippen molar-refractivity contribution in [1.29, 1.82) is 0 Å². The molecule has 0 radical (unpaired) electrons. The van der Waals surface area contributed by atoms with Crippen LogP contribution in [0.3, 0.4) is 0 Å². The highest BCUT2D eigenvalue weighted by Crippen LogP contribution is 2.45. The highest BCUT2D eigenvalue weighted by molar-refractivity contribution is 6.28. The van der Waals surface area contributed by atoms with Gasteiger partial charge in [0.15, 0.2) is 18.0 Å². The van der Waals surface area contributed by atoms with Crippen molar-refractivity contribution in [2.75, 3.05) is 0 Å². The summed E-state index contributed by atoms with van der Waals surface area (Å²) in [4.78, 5) is 26.4. The van der Waals surface area contributed by atoms with Crippen LogP contribution in [0, 0.1) is 6.92 Å². The second kappa shape index (κ2) is 10.6. The maximum Gasteiger partial charge on any atom is 0.348 e. The third-order valence-corrected chi connectivity index (χ3v) is 8.78. The van der Waals surface area contributed by atoms with Gasteiger partial charge in [0.1, 0.15) is 53.0 Å². The summed E-state index contributed by atoms with van der Waals surface area (Å²) in [5.41, 5.74) is -0.962. The van der Waals surface area contributed by atoms with E-state index in [-0.39, 0.29) is 49.2 Å². The Morgan fingerprint density at radius 1 is 0.689 bits per heavy atom. The van der Waals surface area contributed by atoms with E-state index in [1.807, 2.05) is 0 Å². The van der Waals surface area contributed by atoms with E-state index in [2.05, 4.69) is 0 Å². The monoisotopic (exact) mass is 626 g/mol. The van der Waals surface area contributed by atoms with E-state index in [0.717, 1.165) is 0 Å². The molecule has 238 valence electrons. The Hall–Kier alpha value is -3.86. The van der Waals surface area contributed by atoms with Gasteiger partial charge in [-0.1, -0.05) is 18.2 Å². The number of ether oxygens (including phenoxy) is 4. The quantitative estimate of drug-likeness (QED) is 0.0920. The molecule has 45 heavy (non-hydrogen) atoms. The molecule has 4 heterocycles. The first kappa shape index (κ1) is 29.8.